The lowest BCUT2D eigenvalue weighted by molar-refractivity contribution is -0.133. The Morgan fingerprint density at radius 3 is 2.21 bits per heavy atom. The van der Waals surface area contributed by atoms with E-state index in [1.807, 2.05) is 4.90 Å². The fourth-order valence-corrected chi connectivity index (χ4v) is 3.24. The Morgan fingerprint density at radius 1 is 0.966 bits per heavy atom. The molecule has 2 aromatic carbocycles. The highest BCUT2D eigenvalue weighted by molar-refractivity contribution is 5.94. The molecule has 1 saturated heterocycles. The molecule has 0 bridgehead atoms. The molecule has 29 heavy (non-hydrogen) atoms. The monoisotopic (exact) mass is 405 g/mol. The zero-order chi connectivity index (χ0) is 21.0. The molecule has 1 fully saturated rings. The van der Waals surface area contributed by atoms with Crippen molar-refractivity contribution in [1.29, 1.82) is 0 Å². The van der Waals surface area contributed by atoms with Crippen molar-refractivity contribution < 1.29 is 22.8 Å². The largest absolute Gasteiger partial charge is 0.340 e. The Morgan fingerprint density at radius 2 is 1.59 bits per heavy atom. The fraction of sp³-hybridized carbons (Fsp3) is 0.333. The molecule has 1 atom stereocenters. The van der Waals surface area contributed by atoms with Crippen LogP contribution in [0.1, 0.15) is 12.5 Å². The Balaban J connectivity index is 1.50. The number of nitrogens with one attached hydrogen (secondary N) is 1. The number of hydrogen-bond donors (Lipinski definition) is 1. The molecule has 1 unspecified atom stereocenters. The summed E-state index contributed by atoms with van der Waals surface area (Å²) < 4.78 is 39.7. The maximum Gasteiger partial charge on any atom is 0.241 e. The van der Waals surface area contributed by atoms with Crippen LogP contribution in [0, 0.1) is 17.5 Å². The average molecular weight is 405 g/mol. The van der Waals surface area contributed by atoms with E-state index in [0.717, 1.165) is 11.6 Å². The summed E-state index contributed by atoms with van der Waals surface area (Å²) in [4.78, 5) is 28.5. The van der Waals surface area contributed by atoms with Gasteiger partial charge in [-0.2, -0.15) is 0 Å². The summed E-state index contributed by atoms with van der Waals surface area (Å²) in [5, 5.41) is 2.47. The van der Waals surface area contributed by atoms with Gasteiger partial charge in [-0.05, 0) is 36.8 Å². The number of rotatable bonds is 5. The molecule has 0 radical (unpaired) electrons. The fourth-order valence-electron chi connectivity index (χ4n) is 3.24. The second kappa shape index (κ2) is 9.09. The smallest absolute Gasteiger partial charge is 0.241 e. The predicted octanol–water partition coefficient (Wildman–Crippen LogP) is 2.82. The molecule has 1 N–H and O–H groups in total. The zero-order valence-corrected chi connectivity index (χ0v) is 16.0. The number of amides is 2. The molecule has 2 aromatic rings. The molecule has 1 aliphatic rings. The summed E-state index contributed by atoms with van der Waals surface area (Å²) in [5.41, 5.74) is 0.671. The number of carbonyl (C=O) groups is 2. The van der Waals surface area contributed by atoms with Crippen LogP contribution in [0.15, 0.2) is 42.5 Å². The van der Waals surface area contributed by atoms with Crippen molar-refractivity contribution >= 4 is 17.5 Å². The maximum absolute atomic E-state index is 13.7. The highest BCUT2D eigenvalue weighted by Crippen LogP contribution is 2.17. The highest BCUT2D eigenvalue weighted by Gasteiger charge is 2.27. The predicted molar refractivity (Wildman–Crippen MR) is 103 cm³/mol. The Bertz CT molecular complexity index is 881. The van der Waals surface area contributed by atoms with Gasteiger partial charge in [0.1, 0.15) is 17.5 Å². The van der Waals surface area contributed by atoms with Gasteiger partial charge in [-0.3, -0.25) is 14.5 Å². The van der Waals surface area contributed by atoms with E-state index in [0.29, 0.717) is 32.2 Å². The minimum absolute atomic E-state index is 0.0539. The molecule has 0 aliphatic carbocycles. The first-order valence-corrected chi connectivity index (χ1v) is 9.35. The third-order valence-corrected chi connectivity index (χ3v) is 5.05. The lowest BCUT2D eigenvalue weighted by Gasteiger charge is -2.37. The van der Waals surface area contributed by atoms with Gasteiger partial charge in [-0.25, -0.2) is 13.2 Å². The minimum Gasteiger partial charge on any atom is -0.340 e. The van der Waals surface area contributed by atoms with Crippen LogP contribution in [0.4, 0.5) is 18.9 Å². The van der Waals surface area contributed by atoms with E-state index in [9.17, 15) is 22.8 Å². The lowest BCUT2D eigenvalue weighted by atomic mass is 10.1. The summed E-state index contributed by atoms with van der Waals surface area (Å²) in [6, 6.07) is 8.26. The quantitative estimate of drug-likeness (QED) is 0.833. The van der Waals surface area contributed by atoms with Crippen molar-refractivity contribution in [3.05, 3.63) is 65.5 Å². The number of nitrogens with zero attached hydrogens (tertiary/aromatic N) is 2. The van der Waals surface area contributed by atoms with Crippen molar-refractivity contribution in [1.82, 2.24) is 9.80 Å². The van der Waals surface area contributed by atoms with Gasteiger partial charge in [0, 0.05) is 32.2 Å². The normalized spacial score (nSPS) is 15.8. The summed E-state index contributed by atoms with van der Waals surface area (Å²) in [7, 11) is 0. The van der Waals surface area contributed by atoms with Crippen molar-refractivity contribution in [2.75, 3.05) is 31.5 Å². The molecule has 0 aromatic heterocycles. The van der Waals surface area contributed by atoms with Crippen LogP contribution in [0.25, 0.3) is 0 Å². The standard InChI is InChI=1S/C21H22F3N3O2/c1-14(21(29)25-19-7-6-17(23)13-18(19)24)26-8-10-27(11-9-26)20(28)12-15-2-4-16(22)5-3-15/h2-7,13-14H,8-12H2,1H3,(H,25,29). The second-order valence-corrected chi connectivity index (χ2v) is 7.01. The third-order valence-electron chi connectivity index (χ3n) is 5.05. The first kappa shape index (κ1) is 20.9. The number of piperazine rings is 1. The van der Waals surface area contributed by atoms with E-state index >= 15 is 0 Å². The molecule has 3 rings (SSSR count). The second-order valence-electron chi connectivity index (χ2n) is 7.01. The summed E-state index contributed by atoms with van der Waals surface area (Å²) in [5.74, 6) is -2.34. The van der Waals surface area contributed by atoms with Crippen molar-refractivity contribution in [3.63, 3.8) is 0 Å². The third kappa shape index (κ3) is 5.35. The van der Waals surface area contributed by atoms with E-state index < -0.39 is 23.6 Å². The maximum atomic E-state index is 13.7. The highest BCUT2D eigenvalue weighted by atomic mass is 19.1. The Kier molecular flexibility index (Phi) is 6.53. The topological polar surface area (TPSA) is 52.7 Å². The Hall–Kier alpha value is -2.87. The van der Waals surface area contributed by atoms with Gasteiger partial charge in [0.15, 0.2) is 0 Å². The van der Waals surface area contributed by atoms with Crippen molar-refractivity contribution in [3.8, 4) is 0 Å². The van der Waals surface area contributed by atoms with E-state index in [-0.39, 0.29) is 23.8 Å². The van der Waals surface area contributed by atoms with Gasteiger partial charge in [0.2, 0.25) is 11.8 Å². The van der Waals surface area contributed by atoms with E-state index in [1.165, 1.54) is 18.2 Å². The number of anilines is 1. The van der Waals surface area contributed by atoms with Gasteiger partial charge >= 0.3 is 0 Å². The van der Waals surface area contributed by atoms with E-state index in [2.05, 4.69) is 5.32 Å². The SMILES string of the molecule is CC(C(=O)Nc1ccc(F)cc1F)N1CCN(C(=O)Cc2ccc(F)cc2)CC1. The summed E-state index contributed by atoms with van der Waals surface area (Å²) in [6.07, 6.45) is 0.195. The molecule has 1 heterocycles. The van der Waals surface area contributed by atoms with E-state index in [1.54, 1.807) is 24.0 Å². The van der Waals surface area contributed by atoms with Crippen LogP contribution in [0.5, 0.6) is 0 Å². The molecule has 0 spiro atoms. The van der Waals surface area contributed by atoms with Gasteiger partial charge < -0.3 is 10.2 Å². The van der Waals surface area contributed by atoms with Gasteiger partial charge in [-0.15, -0.1) is 0 Å². The zero-order valence-electron chi connectivity index (χ0n) is 16.0. The minimum atomic E-state index is -0.832. The molecule has 0 saturated carbocycles. The number of benzene rings is 2. The first-order chi connectivity index (χ1) is 13.8. The van der Waals surface area contributed by atoms with Crippen LogP contribution >= 0.6 is 0 Å². The van der Waals surface area contributed by atoms with Crippen LogP contribution in [0.3, 0.4) is 0 Å². The summed E-state index contributed by atoms with van der Waals surface area (Å²) in [6.45, 7) is 3.61. The van der Waals surface area contributed by atoms with Gasteiger partial charge in [0.25, 0.3) is 0 Å². The number of halogens is 3. The molecular formula is C21H22F3N3O2. The van der Waals surface area contributed by atoms with Gasteiger partial charge in [-0.1, -0.05) is 12.1 Å². The van der Waals surface area contributed by atoms with Crippen LogP contribution in [-0.4, -0.2) is 53.8 Å². The lowest BCUT2D eigenvalue weighted by Crippen LogP contribution is -2.54. The molecule has 8 heteroatoms. The van der Waals surface area contributed by atoms with Crippen molar-refractivity contribution in [2.24, 2.45) is 0 Å². The molecule has 1 aliphatic heterocycles. The molecule has 5 nitrogen and oxygen atoms in total. The Labute approximate surface area is 167 Å². The van der Waals surface area contributed by atoms with Crippen LogP contribution < -0.4 is 5.32 Å². The molecule has 2 amide bonds. The molecule has 154 valence electrons. The van der Waals surface area contributed by atoms with Gasteiger partial charge in [0.05, 0.1) is 18.2 Å². The number of carbonyl (C=O) groups excluding carboxylic acids is 2. The van der Waals surface area contributed by atoms with Crippen LogP contribution in [0.2, 0.25) is 0 Å². The van der Waals surface area contributed by atoms with Crippen LogP contribution in [-0.2, 0) is 16.0 Å². The average Bonchev–Trinajstić information content (AvgIpc) is 2.71. The van der Waals surface area contributed by atoms with Crippen molar-refractivity contribution in [2.45, 2.75) is 19.4 Å². The molecular weight excluding hydrogens is 383 g/mol. The summed E-state index contributed by atoms with van der Waals surface area (Å²) >= 11 is 0. The number of hydrogen-bond acceptors (Lipinski definition) is 3. The van der Waals surface area contributed by atoms with E-state index in [4.69, 9.17) is 0 Å². The first-order valence-electron chi connectivity index (χ1n) is 9.35.